The number of carbonyl (C=O) groups excluding carboxylic acids is 1. The number of amides is 1. The molecule has 5 nitrogen and oxygen atoms in total. The normalized spacial score (nSPS) is 18.8. The fourth-order valence-corrected chi connectivity index (χ4v) is 3.79. The molecule has 0 aliphatic carbocycles. The van der Waals surface area contributed by atoms with Crippen LogP contribution in [0.15, 0.2) is 23.8 Å². The van der Waals surface area contributed by atoms with E-state index < -0.39 is 5.60 Å². The Bertz CT molecular complexity index is 785. The Morgan fingerprint density at radius 1 is 1.31 bits per heavy atom. The first-order chi connectivity index (χ1) is 12.4. The van der Waals surface area contributed by atoms with Gasteiger partial charge in [-0.15, -0.1) is 0 Å². The summed E-state index contributed by atoms with van der Waals surface area (Å²) in [6.07, 6.45) is 1.45. The number of rotatable bonds is 5. The molecule has 3 rings (SSSR count). The summed E-state index contributed by atoms with van der Waals surface area (Å²) in [6, 6.07) is 7.68. The molecule has 2 aliphatic rings. The molecule has 0 radical (unpaired) electrons. The van der Waals surface area contributed by atoms with Crippen LogP contribution in [0.2, 0.25) is 0 Å². The van der Waals surface area contributed by atoms with Gasteiger partial charge in [0.15, 0.2) is 0 Å². The van der Waals surface area contributed by atoms with Gasteiger partial charge in [0.25, 0.3) is 0 Å². The summed E-state index contributed by atoms with van der Waals surface area (Å²) in [5, 5.41) is 9.34. The zero-order chi connectivity index (χ0) is 18.9. The second kappa shape index (κ2) is 7.13. The van der Waals surface area contributed by atoms with Crippen molar-refractivity contribution >= 4 is 11.6 Å². The fraction of sp³-hybridized carbons (Fsp3) is 0.524. The molecule has 0 saturated carbocycles. The first-order valence-electron chi connectivity index (χ1n) is 9.41. The number of nitriles is 1. The van der Waals surface area contributed by atoms with E-state index in [-0.39, 0.29) is 5.91 Å². The predicted molar refractivity (Wildman–Crippen MR) is 102 cm³/mol. The van der Waals surface area contributed by atoms with Gasteiger partial charge in [0.2, 0.25) is 5.91 Å². The summed E-state index contributed by atoms with van der Waals surface area (Å²) in [7, 11) is 0. The maximum absolute atomic E-state index is 12.6. The van der Waals surface area contributed by atoms with Crippen LogP contribution in [0.4, 0.5) is 0 Å². The van der Waals surface area contributed by atoms with E-state index in [0.717, 1.165) is 55.2 Å². The quantitative estimate of drug-likeness (QED) is 0.814. The first-order valence-corrected chi connectivity index (χ1v) is 9.41. The number of hydrogen-bond acceptors (Lipinski definition) is 4. The average molecular weight is 353 g/mol. The molecule has 0 bridgehead atoms. The van der Waals surface area contributed by atoms with Gasteiger partial charge in [-0.05, 0) is 51.6 Å². The van der Waals surface area contributed by atoms with Crippen molar-refractivity contribution in [2.24, 2.45) is 0 Å². The standard InChI is InChI=1S/C21H27N3O2/c1-5-23(6-2)14-17-20(24-11-7-8-19(24)25)16-12-15(13-22)9-10-18(16)26-21(17,3)4/h9-10,12H,5-8,11,14H2,1-4H3. The molecule has 2 aliphatic heterocycles. The van der Waals surface area contributed by atoms with E-state index in [1.54, 1.807) is 6.07 Å². The number of fused-ring (bicyclic) bond motifs is 1. The van der Waals surface area contributed by atoms with Gasteiger partial charge < -0.3 is 9.64 Å². The van der Waals surface area contributed by atoms with Gasteiger partial charge in [-0.1, -0.05) is 13.8 Å². The van der Waals surface area contributed by atoms with Gasteiger partial charge in [-0.2, -0.15) is 5.26 Å². The van der Waals surface area contributed by atoms with Crippen molar-refractivity contribution < 1.29 is 9.53 Å². The molecule has 0 N–H and O–H groups in total. The third kappa shape index (κ3) is 3.22. The van der Waals surface area contributed by atoms with Gasteiger partial charge in [0, 0.05) is 30.6 Å². The van der Waals surface area contributed by atoms with Crippen LogP contribution in [-0.2, 0) is 4.79 Å². The van der Waals surface area contributed by atoms with Gasteiger partial charge in [-0.25, -0.2) is 0 Å². The maximum Gasteiger partial charge on any atom is 0.227 e. The third-order valence-electron chi connectivity index (χ3n) is 5.36. The molecule has 1 amide bonds. The van der Waals surface area contributed by atoms with Crippen molar-refractivity contribution in [3.05, 3.63) is 34.9 Å². The molecule has 1 fully saturated rings. The van der Waals surface area contributed by atoms with E-state index in [2.05, 4.69) is 38.7 Å². The van der Waals surface area contributed by atoms with Crippen LogP contribution in [-0.4, -0.2) is 47.5 Å². The minimum Gasteiger partial charge on any atom is -0.483 e. The number of benzene rings is 1. The summed E-state index contributed by atoms with van der Waals surface area (Å²) in [4.78, 5) is 16.8. The Hall–Kier alpha value is -2.32. The molecule has 0 spiro atoms. The second-order valence-electron chi connectivity index (χ2n) is 7.37. The van der Waals surface area contributed by atoms with Crippen LogP contribution in [0.25, 0.3) is 5.70 Å². The van der Waals surface area contributed by atoms with Crippen molar-refractivity contribution in [2.75, 3.05) is 26.2 Å². The average Bonchev–Trinajstić information content (AvgIpc) is 3.04. The van der Waals surface area contributed by atoms with Crippen molar-refractivity contribution in [1.29, 1.82) is 5.26 Å². The van der Waals surface area contributed by atoms with E-state index in [0.29, 0.717) is 12.0 Å². The molecule has 1 saturated heterocycles. The molecular formula is C21H27N3O2. The molecule has 1 aromatic rings. The highest BCUT2D eigenvalue weighted by Crippen LogP contribution is 2.44. The zero-order valence-corrected chi connectivity index (χ0v) is 16.1. The minimum absolute atomic E-state index is 0.156. The third-order valence-corrected chi connectivity index (χ3v) is 5.36. The number of nitrogens with zero attached hydrogens (tertiary/aromatic N) is 3. The lowest BCUT2D eigenvalue weighted by Gasteiger charge is -2.41. The summed E-state index contributed by atoms with van der Waals surface area (Å²) < 4.78 is 6.31. The van der Waals surface area contributed by atoms with E-state index >= 15 is 0 Å². The summed E-state index contributed by atoms with van der Waals surface area (Å²) in [6.45, 7) is 11.7. The smallest absolute Gasteiger partial charge is 0.227 e. The van der Waals surface area contributed by atoms with Crippen LogP contribution in [0.3, 0.4) is 0 Å². The lowest BCUT2D eigenvalue weighted by atomic mass is 9.87. The fourth-order valence-electron chi connectivity index (χ4n) is 3.79. The van der Waals surface area contributed by atoms with Crippen molar-refractivity contribution in [2.45, 2.75) is 46.1 Å². The van der Waals surface area contributed by atoms with E-state index in [4.69, 9.17) is 4.74 Å². The number of likely N-dealkylation sites (N-methyl/N-ethyl adjacent to an activating group) is 1. The van der Waals surface area contributed by atoms with Gasteiger partial charge in [0.1, 0.15) is 11.4 Å². The Labute approximate surface area is 155 Å². The van der Waals surface area contributed by atoms with Gasteiger partial charge in [-0.3, -0.25) is 9.69 Å². The predicted octanol–water partition coefficient (Wildman–Crippen LogP) is 3.40. The summed E-state index contributed by atoms with van der Waals surface area (Å²) in [5.74, 6) is 0.898. The first kappa shape index (κ1) is 18.5. The largest absolute Gasteiger partial charge is 0.483 e. The SMILES string of the molecule is CCN(CC)CC1=C(N2CCCC2=O)c2cc(C#N)ccc2OC1(C)C. The highest BCUT2D eigenvalue weighted by atomic mass is 16.5. The highest BCUT2D eigenvalue weighted by Gasteiger charge is 2.40. The molecule has 1 aromatic carbocycles. The Morgan fingerprint density at radius 3 is 2.62 bits per heavy atom. The van der Waals surface area contributed by atoms with Crippen molar-refractivity contribution in [1.82, 2.24) is 9.80 Å². The Kier molecular flexibility index (Phi) is 5.06. The molecule has 138 valence electrons. The zero-order valence-electron chi connectivity index (χ0n) is 16.1. The van der Waals surface area contributed by atoms with E-state index in [1.807, 2.05) is 17.0 Å². The number of hydrogen-bond donors (Lipinski definition) is 0. The Balaban J connectivity index is 2.22. The molecule has 0 aromatic heterocycles. The van der Waals surface area contributed by atoms with Crippen molar-refractivity contribution in [3.63, 3.8) is 0 Å². The molecule has 2 heterocycles. The van der Waals surface area contributed by atoms with Crippen molar-refractivity contribution in [3.8, 4) is 11.8 Å². The van der Waals surface area contributed by atoms with Crippen LogP contribution in [0.1, 0.15) is 51.7 Å². The maximum atomic E-state index is 12.6. The van der Waals surface area contributed by atoms with Gasteiger partial charge >= 0.3 is 0 Å². The highest BCUT2D eigenvalue weighted by molar-refractivity contribution is 5.91. The van der Waals surface area contributed by atoms with Crippen LogP contribution >= 0.6 is 0 Å². The summed E-state index contributed by atoms with van der Waals surface area (Å²) in [5.41, 5.74) is 2.99. The lowest BCUT2D eigenvalue weighted by Crippen LogP contribution is -2.43. The van der Waals surface area contributed by atoms with E-state index in [1.165, 1.54) is 0 Å². The molecule has 0 unspecified atom stereocenters. The molecule has 0 atom stereocenters. The number of ether oxygens (including phenoxy) is 1. The van der Waals surface area contributed by atoms with Crippen LogP contribution in [0, 0.1) is 11.3 Å². The monoisotopic (exact) mass is 353 g/mol. The Morgan fingerprint density at radius 2 is 2.04 bits per heavy atom. The second-order valence-corrected chi connectivity index (χ2v) is 7.37. The minimum atomic E-state index is -0.512. The van der Waals surface area contributed by atoms with Crippen LogP contribution < -0.4 is 4.74 Å². The molecular weight excluding hydrogens is 326 g/mol. The van der Waals surface area contributed by atoms with Gasteiger partial charge in [0.05, 0.1) is 17.3 Å². The van der Waals surface area contributed by atoms with Crippen LogP contribution in [0.5, 0.6) is 5.75 Å². The molecule has 26 heavy (non-hydrogen) atoms. The lowest BCUT2D eigenvalue weighted by molar-refractivity contribution is -0.125. The number of carbonyl (C=O) groups is 1. The summed E-state index contributed by atoms with van der Waals surface area (Å²) >= 11 is 0. The topological polar surface area (TPSA) is 56.6 Å². The van der Waals surface area contributed by atoms with E-state index in [9.17, 15) is 10.1 Å². The molecule has 5 heteroatoms. The number of likely N-dealkylation sites (tertiary alicyclic amines) is 1.